The highest BCUT2D eigenvalue weighted by molar-refractivity contribution is 6.31. The van der Waals surface area contributed by atoms with Crippen LogP contribution in [0.2, 0.25) is 5.02 Å². The first kappa shape index (κ1) is 14.4. The van der Waals surface area contributed by atoms with Crippen LogP contribution < -0.4 is 5.73 Å². The molecule has 7 heteroatoms. The lowest BCUT2D eigenvalue weighted by molar-refractivity contribution is -0.384. The van der Waals surface area contributed by atoms with Gasteiger partial charge in [-0.2, -0.15) is 0 Å². The van der Waals surface area contributed by atoms with Crippen molar-refractivity contribution in [3.63, 3.8) is 0 Å². The van der Waals surface area contributed by atoms with Gasteiger partial charge in [-0.1, -0.05) is 11.6 Å². The Hall–Kier alpha value is -1.66. The molecule has 0 spiro atoms. The molecule has 0 saturated carbocycles. The lowest BCUT2D eigenvalue weighted by Crippen LogP contribution is -2.13. The van der Waals surface area contributed by atoms with E-state index < -0.39 is 11.0 Å². The number of nitrogens with two attached hydrogens (primary N) is 1. The number of halogens is 1. The zero-order valence-corrected chi connectivity index (χ0v) is 10.5. The third-order valence-electron chi connectivity index (χ3n) is 2.48. The average molecular weight is 273 g/mol. The molecule has 0 saturated heterocycles. The predicted molar refractivity (Wildman–Crippen MR) is 66.3 cm³/mol. The van der Waals surface area contributed by atoms with Gasteiger partial charge in [0.05, 0.1) is 12.0 Å². The van der Waals surface area contributed by atoms with Crippen LogP contribution in [0.3, 0.4) is 0 Å². The van der Waals surface area contributed by atoms with Crippen molar-refractivity contribution < 1.29 is 14.5 Å². The molecule has 1 rings (SSSR count). The minimum atomic E-state index is -0.545. The van der Waals surface area contributed by atoms with Crippen LogP contribution in [0.15, 0.2) is 18.2 Å². The summed E-state index contributed by atoms with van der Waals surface area (Å²) in [6.07, 6.45) is 0.449. The highest BCUT2D eigenvalue weighted by Gasteiger charge is 2.16. The summed E-state index contributed by atoms with van der Waals surface area (Å²) in [6, 6.07) is 3.51. The minimum absolute atomic E-state index is 0.0806. The fourth-order valence-corrected chi connectivity index (χ4v) is 1.72. The summed E-state index contributed by atoms with van der Waals surface area (Å²) >= 11 is 5.93. The van der Waals surface area contributed by atoms with Gasteiger partial charge >= 0.3 is 5.97 Å². The van der Waals surface area contributed by atoms with Gasteiger partial charge in [0.25, 0.3) is 5.69 Å². The molecule has 0 radical (unpaired) electrons. The molecular formula is C11H13ClN2O4. The summed E-state index contributed by atoms with van der Waals surface area (Å²) in [5.74, 6) is -0.382. The summed E-state index contributed by atoms with van der Waals surface area (Å²) < 4.78 is 4.49. The second-order valence-electron chi connectivity index (χ2n) is 3.68. The maximum Gasteiger partial charge on any atom is 0.305 e. The van der Waals surface area contributed by atoms with Crippen molar-refractivity contribution in [2.45, 2.75) is 18.9 Å². The van der Waals surface area contributed by atoms with Gasteiger partial charge in [0, 0.05) is 29.6 Å². The third kappa shape index (κ3) is 3.68. The van der Waals surface area contributed by atoms with Gasteiger partial charge < -0.3 is 10.5 Å². The van der Waals surface area contributed by atoms with Gasteiger partial charge in [-0.25, -0.2) is 0 Å². The van der Waals surface area contributed by atoms with Crippen LogP contribution in [0.25, 0.3) is 0 Å². The van der Waals surface area contributed by atoms with Crippen molar-refractivity contribution in [2.24, 2.45) is 5.73 Å². The lowest BCUT2D eigenvalue weighted by Gasteiger charge is -2.12. The number of carbonyl (C=O) groups excluding carboxylic acids is 1. The normalized spacial score (nSPS) is 11.9. The van der Waals surface area contributed by atoms with E-state index in [9.17, 15) is 14.9 Å². The Labute approximate surface area is 109 Å². The van der Waals surface area contributed by atoms with Crippen LogP contribution in [0, 0.1) is 10.1 Å². The molecule has 1 aromatic rings. The molecule has 0 aromatic heterocycles. The van der Waals surface area contributed by atoms with E-state index in [1.54, 1.807) is 0 Å². The fraction of sp³-hybridized carbons (Fsp3) is 0.364. The number of hydrogen-bond donors (Lipinski definition) is 1. The van der Waals surface area contributed by atoms with E-state index in [1.807, 2.05) is 0 Å². The Kier molecular flexibility index (Phi) is 5.06. The number of rotatable bonds is 5. The van der Waals surface area contributed by atoms with Gasteiger partial charge in [-0.3, -0.25) is 14.9 Å². The largest absolute Gasteiger partial charge is 0.469 e. The Morgan fingerprint density at radius 2 is 2.28 bits per heavy atom. The predicted octanol–water partition coefficient (Wildman–Crippen LogP) is 2.20. The maximum absolute atomic E-state index is 11.0. The number of benzene rings is 1. The van der Waals surface area contributed by atoms with Gasteiger partial charge in [0.2, 0.25) is 0 Å². The second-order valence-corrected chi connectivity index (χ2v) is 4.09. The van der Waals surface area contributed by atoms with Crippen LogP contribution in [0.1, 0.15) is 24.4 Å². The molecule has 6 nitrogen and oxygen atoms in total. The van der Waals surface area contributed by atoms with E-state index in [2.05, 4.69) is 4.74 Å². The summed E-state index contributed by atoms with van der Waals surface area (Å²) in [5.41, 5.74) is 6.23. The summed E-state index contributed by atoms with van der Waals surface area (Å²) in [6.45, 7) is 0. The molecule has 0 amide bonds. The Morgan fingerprint density at radius 1 is 1.61 bits per heavy atom. The molecule has 0 aliphatic rings. The standard InChI is InChI=1S/C11H13ClN2O4/c1-18-11(15)5-4-10(13)8-6-7(14(16)17)2-3-9(8)12/h2-3,6,10H,4-5,13H2,1H3. The minimum Gasteiger partial charge on any atom is -0.469 e. The van der Waals surface area contributed by atoms with Crippen molar-refractivity contribution in [1.29, 1.82) is 0 Å². The number of nitrogens with zero attached hydrogens (tertiary/aromatic N) is 1. The first-order chi connectivity index (χ1) is 8.45. The molecule has 0 aliphatic heterocycles. The number of nitro groups is 1. The van der Waals surface area contributed by atoms with Crippen LogP contribution >= 0.6 is 11.6 Å². The molecular weight excluding hydrogens is 260 g/mol. The number of esters is 1. The zero-order chi connectivity index (χ0) is 13.7. The van der Waals surface area contributed by atoms with E-state index in [-0.39, 0.29) is 18.1 Å². The third-order valence-corrected chi connectivity index (χ3v) is 2.82. The molecule has 1 atom stereocenters. The number of ether oxygens (including phenoxy) is 1. The first-order valence-corrected chi connectivity index (χ1v) is 5.59. The number of hydrogen-bond acceptors (Lipinski definition) is 5. The van der Waals surface area contributed by atoms with E-state index in [4.69, 9.17) is 17.3 Å². The monoisotopic (exact) mass is 272 g/mol. The van der Waals surface area contributed by atoms with Gasteiger partial charge in [-0.05, 0) is 18.1 Å². The molecule has 0 bridgehead atoms. The van der Waals surface area contributed by atoms with E-state index >= 15 is 0 Å². The second kappa shape index (κ2) is 6.32. The van der Waals surface area contributed by atoms with Crippen molar-refractivity contribution >= 4 is 23.3 Å². The highest BCUT2D eigenvalue weighted by Crippen LogP contribution is 2.28. The van der Waals surface area contributed by atoms with Crippen LogP contribution in [-0.2, 0) is 9.53 Å². The zero-order valence-electron chi connectivity index (χ0n) is 9.76. The highest BCUT2D eigenvalue weighted by atomic mass is 35.5. The summed E-state index contributed by atoms with van der Waals surface area (Å²) in [5, 5.41) is 11.0. The SMILES string of the molecule is COC(=O)CCC(N)c1cc([N+](=O)[O-])ccc1Cl. The smallest absolute Gasteiger partial charge is 0.305 e. The van der Waals surface area contributed by atoms with Gasteiger partial charge in [0.1, 0.15) is 0 Å². The van der Waals surface area contributed by atoms with Crippen molar-refractivity contribution in [3.8, 4) is 0 Å². The van der Waals surface area contributed by atoms with E-state index in [0.717, 1.165) is 0 Å². The van der Waals surface area contributed by atoms with Crippen molar-refractivity contribution in [2.75, 3.05) is 7.11 Å². The van der Waals surface area contributed by atoms with E-state index in [0.29, 0.717) is 17.0 Å². The lowest BCUT2D eigenvalue weighted by atomic mass is 10.0. The van der Waals surface area contributed by atoms with Crippen molar-refractivity contribution in [3.05, 3.63) is 38.9 Å². The maximum atomic E-state index is 11.0. The Balaban J connectivity index is 2.84. The fourth-order valence-electron chi connectivity index (χ4n) is 1.46. The van der Waals surface area contributed by atoms with Crippen molar-refractivity contribution in [1.82, 2.24) is 0 Å². The van der Waals surface area contributed by atoms with Crippen LogP contribution in [0.5, 0.6) is 0 Å². The Bertz CT molecular complexity index is 464. The topological polar surface area (TPSA) is 95.5 Å². The molecule has 0 fully saturated rings. The van der Waals surface area contributed by atoms with Gasteiger partial charge in [0.15, 0.2) is 0 Å². The molecule has 0 aliphatic carbocycles. The molecule has 98 valence electrons. The molecule has 18 heavy (non-hydrogen) atoms. The first-order valence-electron chi connectivity index (χ1n) is 5.22. The molecule has 2 N–H and O–H groups in total. The summed E-state index contributed by atoms with van der Waals surface area (Å²) in [4.78, 5) is 21.1. The molecule has 0 heterocycles. The van der Waals surface area contributed by atoms with Gasteiger partial charge in [-0.15, -0.1) is 0 Å². The van der Waals surface area contributed by atoms with Crippen LogP contribution in [-0.4, -0.2) is 18.0 Å². The number of non-ortho nitro benzene ring substituents is 1. The molecule has 1 aromatic carbocycles. The quantitative estimate of drug-likeness (QED) is 0.503. The summed E-state index contributed by atoms with van der Waals surface area (Å²) in [7, 11) is 1.29. The number of methoxy groups -OCH3 is 1. The average Bonchev–Trinajstić information content (AvgIpc) is 2.35. The number of carbonyl (C=O) groups is 1. The molecule has 1 unspecified atom stereocenters. The Morgan fingerprint density at radius 3 is 2.83 bits per heavy atom. The number of nitro benzene ring substituents is 1. The van der Waals surface area contributed by atoms with Crippen LogP contribution in [0.4, 0.5) is 5.69 Å². The van der Waals surface area contributed by atoms with E-state index in [1.165, 1.54) is 25.3 Å².